The molecule has 1 aromatic carbocycles. The van der Waals surface area contributed by atoms with Crippen LogP contribution in [0.1, 0.15) is 0 Å². The van der Waals surface area contributed by atoms with Crippen LogP contribution in [0.3, 0.4) is 0 Å². The minimum Gasteiger partial charge on any atom is -0.396 e. The summed E-state index contributed by atoms with van der Waals surface area (Å²) in [5, 5.41) is 0. The van der Waals surface area contributed by atoms with E-state index in [9.17, 15) is 4.39 Å². The molecule has 0 saturated carbocycles. The number of nitrogens with two attached hydrogens (primary N) is 1. The monoisotopic (exact) mass is 188 g/mol. The Balaban J connectivity index is 2.58. The van der Waals surface area contributed by atoms with E-state index in [0.717, 1.165) is 0 Å². The van der Waals surface area contributed by atoms with Gasteiger partial charge in [-0.2, -0.15) is 0 Å². The first-order valence-corrected chi connectivity index (χ1v) is 4.24. The smallest absolute Gasteiger partial charge is 0.155 e. The van der Waals surface area contributed by atoms with Gasteiger partial charge in [0.2, 0.25) is 0 Å². The van der Waals surface area contributed by atoms with Crippen LogP contribution in [0.2, 0.25) is 0 Å². The summed E-state index contributed by atoms with van der Waals surface area (Å²) in [6.07, 6.45) is 1.62. The van der Waals surface area contributed by atoms with E-state index < -0.39 is 5.82 Å². The molecule has 1 aromatic heterocycles. The van der Waals surface area contributed by atoms with Gasteiger partial charge in [-0.15, -0.1) is 0 Å². The molecule has 0 aliphatic carbocycles. The summed E-state index contributed by atoms with van der Waals surface area (Å²) in [4.78, 5) is 4.06. The first kappa shape index (κ1) is 8.69. The molecule has 3 heteroatoms. The summed E-state index contributed by atoms with van der Waals surface area (Å²) in [6.45, 7) is 0. The quantitative estimate of drug-likeness (QED) is 0.698. The second-order valence-electron chi connectivity index (χ2n) is 2.92. The Morgan fingerprint density at radius 1 is 1.07 bits per heavy atom. The molecule has 0 amide bonds. The van der Waals surface area contributed by atoms with E-state index in [0.29, 0.717) is 11.3 Å². The molecule has 0 aliphatic rings. The van der Waals surface area contributed by atoms with E-state index in [1.54, 1.807) is 30.5 Å². The minimum atomic E-state index is -0.411. The molecule has 2 N–H and O–H groups in total. The number of benzene rings is 1. The molecule has 0 atom stereocenters. The van der Waals surface area contributed by atoms with Gasteiger partial charge in [0.15, 0.2) is 5.82 Å². The van der Waals surface area contributed by atoms with Gasteiger partial charge in [0.25, 0.3) is 0 Å². The first-order chi connectivity index (χ1) is 6.79. The number of hydrogen-bond donors (Lipinski definition) is 1. The second-order valence-corrected chi connectivity index (χ2v) is 2.92. The first-order valence-electron chi connectivity index (χ1n) is 4.24. The average molecular weight is 188 g/mol. The fourth-order valence-corrected chi connectivity index (χ4v) is 1.27. The molecule has 0 saturated heterocycles. The zero-order valence-electron chi connectivity index (χ0n) is 7.44. The van der Waals surface area contributed by atoms with Gasteiger partial charge in [0.1, 0.15) is 0 Å². The maximum atomic E-state index is 13.5. The van der Waals surface area contributed by atoms with Gasteiger partial charge < -0.3 is 5.73 Å². The Morgan fingerprint density at radius 3 is 2.64 bits per heavy atom. The number of hydrogen-bond acceptors (Lipinski definition) is 2. The van der Waals surface area contributed by atoms with Crippen LogP contribution < -0.4 is 5.73 Å². The van der Waals surface area contributed by atoms with Crippen molar-refractivity contribution in [2.45, 2.75) is 0 Å². The Bertz CT molecular complexity index is 440. The van der Waals surface area contributed by atoms with E-state index in [4.69, 9.17) is 5.73 Å². The van der Waals surface area contributed by atoms with Crippen molar-refractivity contribution in [3.05, 3.63) is 48.4 Å². The summed E-state index contributed by atoms with van der Waals surface area (Å²) >= 11 is 0. The standard InChI is InChI=1S/C11H9FN2/c12-11-8(4-3-5-9(11)13)10-6-1-2-7-14-10/h1-7H,13H2. The highest BCUT2D eigenvalue weighted by Crippen LogP contribution is 2.23. The van der Waals surface area contributed by atoms with Crippen LogP contribution in [0, 0.1) is 5.82 Å². The number of rotatable bonds is 1. The fraction of sp³-hybridized carbons (Fsp3) is 0. The summed E-state index contributed by atoms with van der Waals surface area (Å²) in [5.74, 6) is -0.411. The molecule has 2 nitrogen and oxygen atoms in total. The third-order valence-electron chi connectivity index (χ3n) is 1.97. The van der Waals surface area contributed by atoms with Gasteiger partial charge in [-0.1, -0.05) is 12.1 Å². The molecular weight excluding hydrogens is 179 g/mol. The van der Waals surface area contributed by atoms with Crippen LogP contribution in [0.5, 0.6) is 0 Å². The molecule has 0 fully saturated rings. The van der Waals surface area contributed by atoms with Crippen molar-refractivity contribution in [3.63, 3.8) is 0 Å². The zero-order valence-corrected chi connectivity index (χ0v) is 7.44. The van der Waals surface area contributed by atoms with Crippen molar-refractivity contribution in [3.8, 4) is 11.3 Å². The highest BCUT2D eigenvalue weighted by Gasteiger charge is 2.07. The van der Waals surface area contributed by atoms with Crippen LogP contribution in [-0.2, 0) is 0 Å². The maximum absolute atomic E-state index is 13.5. The van der Waals surface area contributed by atoms with Gasteiger partial charge in [-0.25, -0.2) is 4.39 Å². The van der Waals surface area contributed by atoms with Gasteiger partial charge in [0, 0.05) is 11.8 Å². The van der Waals surface area contributed by atoms with Crippen LogP contribution in [0.15, 0.2) is 42.6 Å². The lowest BCUT2D eigenvalue weighted by Gasteiger charge is -2.03. The van der Waals surface area contributed by atoms with Gasteiger partial charge in [0.05, 0.1) is 11.4 Å². The zero-order chi connectivity index (χ0) is 9.97. The Morgan fingerprint density at radius 2 is 1.93 bits per heavy atom. The molecule has 2 rings (SSSR count). The van der Waals surface area contributed by atoms with Crippen LogP contribution >= 0.6 is 0 Å². The number of anilines is 1. The topological polar surface area (TPSA) is 38.9 Å². The van der Waals surface area contributed by atoms with Crippen molar-refractivity contribution in [2.24, 2.45) is 0 Å². The van der Waals surface area contributed by atoms with E-state index >= 15 is 0 Å². The number of pyridine rings is 1. The average Bonchev–Trinajstić information content (AvgIpc) is 2.23. The molecule has 0 spiro atoms. The normalized spacial score (nSPS) is 10.1. The molecule has 0 unspecified atom stereocenters. The Hall–Kier alpha value is -1.90. The largest absolute Gasteiger partial charge is 0.396 e. The van der Waals surface area contributed by atoms with Crippen LogP contribution in [-0.4, -0.2) is 4.98 Å². The molecule has 14 heavy (non-hydrogen) atoms. The van der Waals surface area contributed by atoms with E-state index in [-0.39, 0.29) is 5.69 Å². The Kier molecular flexibility index (Phi) is 2.14. The highest BCUT2D eigenvalue weighted by atomic mass is 19.1. The van der Waals surface area contributed by atoms with Crippen molar-refractivity contribution in [1.82, 2.24) is 4.98 Å². The molecule has 2 aromatic rings. The predicted octanol–water partition coefficient (Wildman–Crippen LogP) is 2.47. The molecule has 0 aliphatic heterocycles. The van der Waals surface area contributed by atoms with Gasteiger partial charge in [-0.3, -0.25) is 4.98 Å². The maximum Gasteiger partial charge on any atom is 0.155 e. The van der Waals surface area contributed by atoms with Crippen molar-refractivity contribution in [1.29, 1.82) is 0 Å². The summed E-state index contributed by atoms with van der Waals surface area (Å²) < 4.78 is 13.5. The number of nitrogen functional groups attached to an aromatic ring is 1. The number of nitrogens with zero attached hydrogens (tertiary/aromatic N) is 1. The minimum absolute atomic E-state index is 0.146. The summed E-state index contributed by atoms with van der Waals surface area (Å²) in [7, 11) is 0. The molecular formula is C11H9FN2. The van der Waals surface area contributed by atoms with Gasteiger partial charge >= 0.3 is 0 Å². The second kappa shape index (κ2) is 3.46. The molecule has 1 heterocycles. The Labute approximate surface area is 81.2 Å². The lowest BCUT2D eigenvalue weighted by Crippen LogP contribution is -1.93. The van der Waals surface area contributed by atoms with Gasteiger partial charge in [-0.05, 0) is 24.3 Å². The van der Waals surface area contributed by atoms with Crippen molar-refractivity contribution >= 4 is 5.69 Å². The molecule has 0 radical (unpaired) electrons. The summed E-state index contributed by atoms with van der Waals surface area (Å²) in [6, 6.07) is 10.2. The van der Waals surface area contributed by atoms with E-state index in [1.807, 2.05) is 6.07 Å². The fourth-order valence-electron chi connectivity index (χ4n) is 1.27. The van der Waals surface area contributed by atoms with Crippen molar-refractivity contribution in [2.75, 3.05) is 5.73 Å². The number of halogens is 1. The molecule has 70 valence electrons. The predicted molar refractivity (Wildman–Crippen MR) is 54.0 cm³/mol. The third-order valence-corrected chi connectivity index (χ3v) is 1.97. The van der Waals surface area contributed by atoms with E-state index in [1.165, 1.54) is 6.07 Å². The number of aromatic nitrogens is 1. The van der Waals surface area contributed by atoms with E-state index in [2.05, 4.69) is 4.98 Å². The lowest BCUT2D eigenvalue weighted by molar-refractivity contribution is 0.635. The van der Waals surface area contributed by atoms with Crippen molar-refractivity contribution < 1.29 is 4.39 Å². The van der Waals surface area contributed by atoms with Crippen LogP contribution in [0.4, 0.5) is 10.1 Å². The summed E-state index contributed by atoms with van der Waals surface area (Å²) in [5.41, 5.74) is 6.63. The lowest BCUT2D eigenvalue weighted by atomic mass is 10.1. The highest BCUT2D eigenvalue weighted by molar-refractivity contribution is 5.64. The third kappa shape index (κ3) is 1.44. The molecule has 0 bridgehead atoms. The SMILES string of the molecule is Nc1cccc(-c2ccccn2)c1F. The van der Waals surface area contributed by atoms with Crippen LogP contribution in [0.25, 0.3) is 11.3 Å².